The molecule has 21 heavy (non-hydrogen) atoms. The van der Waals surface area contributed by atoms with E-state index < -0.39 is 5.60 Å². The van der Waals surface area contributed by atoms with Gasteiger partial charge in [0.15, 0.2) is 5.84 Å². The largest absolute Gasteiger partial charge is 0.409 e. The minimum Gasteiger partial charge on any atom is -0.409 e. The van der Waals surface area contributed by atoms with Crippen molar-refractivity contribution in [1.82, 2.24) is 4.90 Å². The van der Waals surface area contributed by atoms with Crippen LogP contribution in [-0.4, -0.2) is 45.6 Å². The van der Waals surface area contributed by atoms with Gasteiger partial charge in [-0.25, -0.2) is 0 Å². The second-order valence-corrected chi connectivity index (χ2v) is 5.58. The first-order chi connectivity index (χ1) is 9.76. The molecule has 0 aliphatic rings. The van der Waals surface area contributed by atoms with E-state index >= 15 is 0 Å². The Labute approximate surface area is 124 Å². The average Bonchev–Trinajstić information content (AvgIpc) is 2.43. The number of nitrogens with two attached hydrogens (primary N) is 1. The third-order valence-electron chi connectivity index (χ3n) is 3.03. The third-order valence-corrected chi connectivity index (χ3v) is 3.03. The Morgan fingerprint density at radius 3 is 2.33 bits per heavy atom. The number of carbonyl (C=O) groups is 1. The maximum absolute atomic E-state index is 12.2. The van der Waals surface area contributed by atoms with Crippen LogP contribution in [0.3, 0.4) is 0 Å². The number of likely N-dealkylation sites (N-methyl/N-ethyl adjacent to an activating group) is 1. The zero-order chi connectivity index (χ0) is 16.0. The normalized spacial score (nSPS) is 12.3. The van der Waals surface area contributed by atoms with Gasteiger partial charge in [0.25, 0.3) is 0 Å². The van der Waals surface area contributed by atoms with Gasteiger partial charge in [0.1, 0.15) is 0 Å². The molecule has 0 aliphatic heterocycles. The van der Waals surface area contributed by atoms with Crippen LogP contribution in [-0.2, 0) is 11.2 Å². The number of amidine groups is 1. The van der Waals surface area contributed by atoms with Gasteiger partial charge in [-0.3, -0.25) is 4.79 Å². The quantitative estimate of drug-likeness (QED) is 0.314. The molecule has 1 rings (SSSR count). The molecule has 4 N–H and O–H groups in total. The molecule has 116 valence electrons. The Kier molecular flexibility index (Phi) is 5.72. The molecular weight excluding hydrogens is 270 g/mol. The first-order valence-electron chi connectivity index (χ1n) is 6.84. The van der Waals surface area contributed by atoms with Gasteiger partial charge in [0.2, 0.25) is 5.91 Å². The fourth-order valence-corrected chi connectivity index (χ4v) is 1.98. The topological polar surface area (TPSA) is 99.2 Å². The zero-order valence-corrected chi connectivity index (χ0v) is 12.7. The molecule has 0 bridgehead atoms. The van der Waals surface area contributed by atoms with Crippen molar-refractivity contribution in [2.45, 2.75) is 32.8 Å². The van der Waals surface area contributed by atoms with E-state index in [2.05, 4.69) is 5.16 Å². The molecule has 0 spiro atoms. The molecule has 0 heterocycles. The Bertz CT molecular complexity index is 504. The Morgan fingerprint density at radius 2 is 1.90 bits per heavy atom. The van der Waals surface area contributed by atoms with Gasteiger partial charge < -0.3 is 20.9 Å². The van der Waals surface area contributed by atoms with Crippen LogP contribution in [0.5, 0.6) is 0 Å². The molecule has 6 heteroatoms. The summed E-state index contributed by atoms with van der Waals surface area (Å²) >= 11 is 0. The van der Waals surface area contributed by atoms with Crippen molar-refractivity contribution in [2.24, 2.45) is 10.9 Å². The predicted molar refractivity (Wildman–Crippen MR) is 81.2 cm³/mol. The summed E-state index contributed by atoms with van der Waals surface area (Å²) < 4.78 is 0. The highest BCUT2D eigenvalue weighted by Gasteiger charge is 2.21. The maximum atomic E-state index is 12.2. The lowest BCUT2D eigenvalue weighted by atomic mass is 10.1. The van der Waals surface area contributed by atoms with E-state index in [0.29, 0.717) is 18.7 Å². The number of carbonyl (C=O) groups excluding carboxylic acids is 1. The van der Waals surface area contributed by atoms with Crippen molar-refractivity contribution in [1.29, 1.82) is 0 Å². The molecule has 1 amide bonds. The lowest BCUT2D eigenvalue weighted by molar-refractivity contribution is -0.133. The minimum atomic E-state index is -0.915. The van der Waals surface area contributed by atoms with E-state index in [1.165, 1.54) is 0 Å². The summed E-state index contributed by atoms with van der Waals surface area (Å²) in [4.78, 5) is 13.8. The van der Waals surface area contributed by atoms with E-state index in [-0.39, 0.29) is 18.2 Å². The van der Waals surface area contributed by atoms with Gasteiger partial charge in [0, 0.05) is 18.7 Å². The number of nitrogens with zero attached hydrogens (tertiary/aromatic N) is 2. The van der Waals surface area contributed by atoms with Crippen molar-refractivity contribution in [3.05, 3.63) is 35.4 Å². The summed E-state index contributed by atoms with van der Waals surface area (Å²) in [5, 5.41) is 21.3. The van der Waals surface area contributed by atoms with Crippen LogP contribution in [0, 0.1) is 0 Å². The molecule has 6 nitrogen and oxygen atoms in total. The fraction of sp³-hybridized carbons (Fsp3) is 0.467. The van der Waals surface area contributed by atoms with Gasteiger partial charge >= 0.3 is 0 Å². The van der Waals surface area contributed by atoms with Crippen LogP contribution < -0.4 is 5.73 Å². The van der Waals surface area contributed by atoms with Crippen molar-refractivity contribution in [3.63, 3.8) is 0 Å². The van der Waals surface area contributed by atoms with Crippen LogP contribution >= 0.6 is 0 Å². The van der Waals surface area contributed by atoms with E-state index in [0.717, 1.165) is 5.56 Å². The van der Waals surface area contributed by atoms with Crippen LogP contribution in [0.15, 0.2) is 29.4 Å². The van der Waals surface area contributed by atoms with Crippen molar-refractivity contribution in [2.75, 3.05) is 13.1 Å². The molecule has 1 aromatic carbocycles. The molecule has 1 aromatic rings. The van der Waals surface area contributed by atoms with Crippen molar-refractivity contribution < 1.29 is 15.1 Å². The lowest BCUT2D eigenvalue weighted by Gasteiger charge is -2.28. The Balaban J connectivity index is 2.73. The number of oxime groups is 1. The van der Waals surface area contributed by atoms with Crippen LogP contribution in [0.4, 0.5) is 0 Å². The minimum absolute atomic E-state index is 0.0325. The number of rotatable bonds is 6. The molecule has 0 aliphatic carbocycles. The molecule has 0 atom stereocenters. The summed E-state index contributed by atoms with van der Waals surface area (Å²) in [5.74, 6) is -0.0127. The average molecular weight is 293 g/mol. The molecule has 0 radical (unpaired) electrons. The van der Waals surface area contributed by atoms with Gasteiger partial charge in [0.05, 0.1) is 12.0 Å². The number of aliphatic hydroxyl groups is 1. The monoisotopic (exact) mass is 293 g/mol. The summed E-state index contributed by atoms with van der Waals surface area (Å²) in [6.45, 7) is 6.07. The van der Waals surface area contributed by atoms with Gasteiger partial charge in [-0.15, -0.1) is 0 Å². The van der Waals surface area contributed by atoms with Crippen LogP contribution in [0.1, 0.15) is 31.9 Å². The first kappa shape index (κ1) is 17.0. The smallest absolute Gasteiger partial charge is 0.227 e. The fourth-order valence-electron chi connectivity index (χ4n) is 1.98. The molecule has 0 saturated carbocycles. The molecule has 0 unspecified atom stereocenters. The summed E-state index contributed by atoms with van der Waals surface area (Å²) in [5.41, 5.74) is 6.00. The van der Waals surface area contributed by atoms with Crippen molar-refractivity contribution >= 4 is 11.7 Å². The second kappa shape index (κ2) is 7.08. The number of amides is 1. The third kappa shape index (κ3) is 5.43. The predicted octanol–water partition coefficient (Wildman–Crippen LogP) is 0.943. The van der Waals surface area contributed by atoms with E-state index in [1.54, 1.807) is 43.0 Å². The van der Waals surface area contributed by atoms with Crippen LogP contribution in [0.2, 0.25) is 0 Å². The molecular formula is C15H23N3O3. The summed E-state index contributed by atoms with van der Waals surface area (Å²) in [7, 11) is 0. The number of hydrogen-bond acceptors (Lipinski definition) is 4. The summed E-state index contributed by atoms with van der Waals surface area (Å²) in [6.07, 6.45) is 0.250. The molecule has 0 saturated heterocycles. The highest BCUT2D eigenvalue weighted by atomic mass is 16.4. The lowest BCUT2D eigenvalue weighted by Crippen LogP contribution is -2.42. The van der Waals surface area contributed by atoms with E-state index in [1.807, 2.05) is 6.92 Å². The molecule has 0 aromatic heterocycles. The number of benzene rings is 1. The van der Waals surface area contributed by atoms with Crippen LogP contribution in [0.25, 0.3) is 0 Å². The van der Waals surface area contributed by atoms with Gasteiger partial charge in [-0.05, 0) is 26.3 Å². The SMILES string of the molecule is CCN(CC(C)(C)O)C(=O)Cc1ccc(C(N)=NO)cc1. The molecule has 0 fully saturated rings. The maximum Gasteiger partial charge on any atom is 0.227 e. The van der Waals surface area contributed by atoms with E-state index in [4.69, 9.17) is 10.9 Å². The van der Waals surface area contributed by atoms with Gasteiger partial charge in [-0.1, -0.05) is 29.4 Å². The number of hydrogen-bond donors (Lipinski definition) is 3. The Morgan fingerprint density at radius 1 is 1.33 bits per heavy atom. The second-order valence-electron chi connectivity index (χ2n) is 5.58. The standard InChI is InChI=1S/C15H23N3O3/c1-4-18(10-15(2,3)20)13(19)9-11-5-7-12(8-6-11)14(16)17-21/h5-8,20-21H,4,9-10H2,1-3H3,(H2,16,17). The highest BCUT2D eigenvalue weighted by molar-refractivity contribution is 5.97. The van der Waals surface area contributed by atoms with Crippen molar-refractivity contribution in [3.8, 4) is 0 Å². The highest BCUT2D eigenvalue weighted by Crippen LogP contribution is 2.10. The zero-order valence-electron chi connectivity index (χ0n) is 12.7. The summed E-state index contributed by atoms with van der Waals surface area (Å²) in [6, 6.07) is 6.93. The van der Waals surface area contributed by atoms with E-state index in [9.17, 15) is 9.90 Å². The first-order valence-corrected chi connectivity index (χ1v) is 6.84. The Hall–Kier alpha value is -2.08. The van der Waals surface area contributed by atoms with Gasteiger partial charge in [-0.2, -0.15) is 0 Å².